The smallest absolute Gasteiger partial charge is 0.102 e. The summed E-state index contributed by atoms with van der Waals surface area (Å²) in [7, 11) is 0. The minimum Gasteiger partial charge on any atom is -0.633 e. The highest BCUT2D eigenvalue weighted by Crippen LogP contribution is 2.11. The molecule has 0 heterocycles. The highest BCUT2D eigenvalue weighted by Gasteiger charge is 2.16. The van der Waals surface area contributed by atoms with Gasteiger partial charge in [0.1, 0.15) is 13.1 Å². The number of rotatable bonds is 21. The van der Waals surface area contributed by atoms with Gasteiger partial charge >= 0.3 is 0 Å². The Labute approximate surface area is 174 Å². The quantitative estimate of drug-likeness (QED) is 0.156. The summed E-state index contributed by atoms with van der Waals surface area (Å²) >= 11 is 0. The van der Waals surface area contributed by atoms with E-state index in [0.717, 1.165) is 51.4 Å². The molecule has 0 radical (unpaired) electrons. The standard InChI is InChI=1S/C22H48N2O4/c1-5-9-13-23(25,14-10-6-2)17-19-27-21-22-28-20-18-24(26,15-11-7-3)16-12-8-4/h5-22H2,1-4H3. The zero-order valence-electron chi connectivity index (χ0n) is 19.3. The van der Waals surface area contributed by atoms with E-state index in [-0.39, 0.29) is 9.29 Å². The Balaban J connectivity index is 3.95. The van der Waals surface area contributed by atoms with E-state index < -0.39 is 0 Å². The van der Waals surface area contributed by atoms with Gasteiger partial charge in [0.05, 0.1) is 52.6 Å². The highest BCUT2D eigenvalue weighted by atomic mass is 16.6. The van der Waals surface area contributed by atoms with Crippen LogP contribution in [0.2, 0.25) is 0 Å². The number of nitrogens with zero attached hydrogens (tertiary/aromatic N) is 2. The summed E-state index contributed by atoms with van der Waals surface area (Å²) in [4.78, 5) is 0. The molecule has 0 spiro atoms. The van der Waals surface area contributed by atoms with Crippen molar-refractivity contribution < 1.29 is 18.8 Å². The fourth-order valence-electron chi connectivity index (χ4n) is 3.24. The molecule has 0 aromatic heterocycles. The second-order valence-electron chi connectivity index (χ2n) is 8.10. The molecule has 0 aromatic carbocycles. The van der Waals surface area contributed by atoms with Crippen LogP contribution in [0.15, 0.2) is 0 Å². The fraction of sp³-hybridized carbons (Fsp3) is 1.00. The van der Waals surface area contributed by atoms with Crippen molar-refractivity contribution >= 4 is 0 Å². The molecule has 170 valence electrons. The summed E-state index contributed by atoms with van der Waals surface area (Å²) < 4.78 is 11.0. The van der Waals surface area contributed by atoms with Gasteiger partial charge in [-0.15, -0.1) is 0 Å². The zero-order chi connectivity index (χ0) is 21.1. The van der Waals surface area contributed by atoms with Gasteiger partial charge in [0.2, 0.25) is 0 Å². The minimum absolute atomic E-state index is 0.131. The van der Waals surface area contributed by atoms with Crippen LogP contribution in [0.3, 0.4) is 0 Å². The van der Waals surface area contributed by atoms with Crippen LogP contribution in [0.1, 0.15) is 79.1 Å². The van der Waals surface area contributed by atoms with Gasteiger partial charge in [-0.05, 0) is 25.7 Å². The van der Waals surface area contributed by atoms with Gasteiger partial charge in [0.15, 0.2) is 0 Å². The Hall–Kier alpha value is -0.240. The predicted molar refractivity (Wildman–Crippen MR) is 118 cm³/mol. The van der Waals surface area contributed by atoms with Crippen molar-refractivity contribution in [3.8, 4) is 0 Å². The zero-order valence-corrected chi connectivity index (χ0v) is 19.3. The lowest BCUT2D eigenvalue weighted by Crippen LogP contribution is -2.46. The van der Waals surface area contributed by atoms with Crippen LogP contribution >= 0.6 is 0 Å². The average Bonchev–Trinajstić information content (AvgIpc) is 2.70. The highest BCUT2D eigenvalue weighted by molar-refractivity contribution is 4.49. The summed E-state index contributed by atoms with van der Waals surface area (Å²) in [5, 5.41) is 25.7. The van der Waals surface area contributed by atoms with Crippen molar-refractivity contribution in [2.75, 3.05) is 65.7 Å². The molecular weight excluding hydrogens is 356 g/mol. The molecule has 0 amide bonds. The monoisotopic (exact) mass is 404 g/mol. The lowest BCUT2D eigenvalue weighted by Gasteiger charge is -2.43. The van der Waals surface area contributed by atoms with Crippen molar-refractivity contribution in [3.63, 3.8) is 0 Å². The summed E-state index contributed by atoms with van der Waals surface area (Å²) in [6.45, 7) is 14.2. The van der Waals surface area contributed by atoms with E-state index in [0.29, 0.717) is 65.7 Å². The molecule has 0 aliphatic carbocycles. The first-order valence-electron chi connectivity index (χ1n) is 11.7. The van der Waals surface area contributed by atoms with E-state index in [1.807, 2.05) is 0 Å². The molecule has 0 fully saturated rings. The SMILES string of the molecule is CCCC[N+]([O-])(CCCC)CCOCCOCC[N+]([O-])(CCCC)CCCC. The average molecular weight is 405 g/mol. The molecule has 6 nitrogen and oxygen atoms in total. The van der Waals surface area contributed by atoms with Crippen molar-refractivity contribution in [2.24, 2.45) is 0 Å². The Kier molecular flexibility index (Phi) is 17.5. The van der Waals surface area contributed by atoms with Crippen molar-refractivity contribution in [2.45, 2.75) is 79.1 Å². The molecule has 6 heteroatoms. The summed E-state index contributed by atoms with van der Waals surface area (Å²) in [6.07, 6.45) is 8.11. The van der Waals surface area contributed by atoms with Gasteiger partial charge in [-0.2, -0.15) is 0 Å². The number of quaternary nitrogens is 2. The van der Waals surface area contributed by atoms with Crippen LogP contribution in [0.5, 0.6) is 0 Å². The maximum Gasteiger partial charge on any atom is 0.102 e. The van der Waals surface area contributed by atoms with E-state index in [9.17, 15) is 10.4 Å². The van der Waals surface area contributed by atoms with E-state index in [4.69, 9.17) is 9.47 Å². The number of unbranched alkanes of at least 4 members (excludes halogenated alkanes) is 4. The van der Waals surface area contributed by atoms with Crippen LogP contribution in [-0.2, 0) is 9.47 Å². The Morgan fingerprint density at radius 2 is 0.750 bits per heavy atom. The molecule has 0 bridgehead atoms. The van der Waals surface area contributed by atoms with Crippen LogP contribution in [0.25, 0.3) is 0 Å². The normalized spacial score (nSPS) is 12.6. The number of ether oxygens (including phenoxy) is 2. The first-order valence-corrected chi connectivity index (χ1v) is 11.7. The number of hydroxylamine groups is 6. The van der Waals surface area contributed by atoms with Gasteiger partial charge < -0.3 is 29.2 Å². The Morgan fingerprint density at radius 3 is 1.00 bits per heavy atom. The molecule has 0 N–H and O–H groups in total. The van der Waals surface area contributed by atoms with E-state index in [1.54, 1.807) is 0 Å². The van der Waals surface area contributed by atoms with E-state index >= 15 is 0 Å². The van der Waals surface area contributed by atoms with Crippen LogP contribution in [-0.4, -0.2) is 75.0 Å². The third kappa shape index (κ3) is 14.7. The second-order valence-corrected chi connectivity index (χ2v) is 8.10. The lowest BCUT2D eigenvalue weighted by molar-refractivity contribution is -0.881. The molecular formula is C22H48N2O4. The first-order chi connectivity index (χ1) is 13.4. The largest absolute Gasteiger partial charge is 0.633 e. The maximum atomic E-state index is 12.8. The minimum atomic E-state index is -0.131. The van der Waals surface area contributed by atoms with Gasteiger partial charge in [-0.1, -0.05) is 53.4 Å². The van der Waals surface area contributed by atoms with Crippen LogP contribution in [0.4, 0.5) is 0 Å². The topological polar surface area (TPSA) is 64.6 Å². The molecule has 0 saturated carbocycles. The summed E-state index contributed by atoms with van der Waals surface area (Å²) in [6, 6.07) is 0. The third-order valence-electron chi connectivity index (χ3n) is 5.34. The molecule has 0 unspecified atom stereocenters. The van der Waals surface area contributed by atoms with Crippen molar-refractivity contribution in [1.29, 1.82) is 0 Å². The fourth-order valence-corrected chi connectivity index (χ4v) is 3.24. The molecule has 0 saturated heterocycles. The van der Waals surface area contributed by atoms with Gasteiger partial charge in [-0.25, -0.2) is 0 Å². The summed E-state index contributed by atoms with van der Waals surface area (Å²) in [5.41, 5.74) is 0. The molecule has 0 aliphatic heterocycles. The Morgan fingerprint density at radius 1 is 0.464 bits per heavy atom. The molecule has 0 rings (SSSR count). The molecule has 0 aromatic rings. The lowest BCUT2D eigenvalue weighted by atomic mass is 10.2. The van der Waals surface area contributed by atoms with Crippen molar-refractivity contribution in [1.82, 2.24) is 0 Å². The van der Waals surface area contributed by atoms with E-state index in [1.165, 1.54) is 0 Å². The van der Waals surface area contributed by atoms with Crippen LogP contribution in [0, 0.1) is 10.4 Å². The van der Waals surface area contributed by atoms with Gasteiger partial charge in [0, 0.05) is 0 Å². The predicted octanol–water partition coefficient (Wildman–Crippen LogP) is 4.85. The van der Waals surface area contributed by atoms with Crippen LogP contribution < -0.4 is 0 Å². The second kappa shape index (κ2) is 17.6. The molecule has 0 atom stereocenters. The summed E-state index contributed by atoms with van der Waals surface area (Å²) in [5.74, 6) is 0. The first kappa shape index (κ1) is 27.8. The maximum absolute atomic E-state index is 12.8. The van der Waals surface area contributed by atoms with Crippen molar-refractivity contribution in [3.05, 3.63) is 10.4 Å². The number of hydrogen-bond donors (Lipinski definition) is 0. The third-order valence-corrected chi connectivity index (χ3v) is 5.34. The van der Waals surface area contributed by atoms with Gasteiger partial charge in [0.25, 0.3) is 0 Å². The Bertz CT molecular complexity index is 294. The van der Waals surface area contributed by atoms with Gasteiger partial charge in [-0.3, -0.25) is 0 Å². The molecule has 28 heavy (non-hydrogen) atoms. The molecule has 0 aliphatic rings. The number of hydrogen-bond acceptors (Lipinski definition) is 4. The van der Waals surface area contributed by atoms with E-state index in [2.05, 4.69) is 27.7 Å².